The number of hydrogen-bond acceptors (Lipinski definition) is 4. The summed E-state index contributed by atoms with van der Waals surface area (Å²) in [5.74, 6) is 0.554. The Bertz CT molecular complexity index is 767. The Morgan fingerprint density at radius 3 is 2.93 bits per heavy atom. The van der Waals surface area contributed by atoms with Crippen LogP contribution in [0.2, 0.25) is 0 Å². The summed E-state index contributed by atoms with van der Waals surface area (Å²) in [6.07, 6.45) is 7.36. The monoisotopic (exact) mass is 389 g/mol. The molecule has 146 valence electrons. The lowest BCUT2D eigenvalue weighted by molar-refractivity contribution is -0.131. The van der Waals surface area contributed by atoms with Crippen molar-refractivity contribution in [2.75, 3.05) is 13.1 Å². The molecule has 3 aliphatic rings. The van der Waals surface area contributed by atoms with Crippen LogP contribution < -0.4 is 10.6 Å². The van der Waals surface area contributed by atoms with Crippen LogP contribution in [-0.2, 0) is 17.6 Å². The van der Waals surface area contributed by atoms with Crippen LogP contribution in [0.25, 0.3) is 0 Å². The number of imide groups is 1. The van der Waals surface area contributed by atoms with Crippen LogP contribution in [0.1, 0.15) is 65.6 Å². The molecule has 2 N–H and O–H groups in total. The summed E-state index contributed by atoms with van der Waals surface area (Å²) < 4.78 is 0. The molecule has 1 aromatic rings. The summed E-state index contributed by atoms with van der Waals surface area (Å²) in [5.41, 5.74) is 0.679. The molecule has 1 unspecified atom stereocenters. The Morgan fingerprint density at radius 2 is 2.15 bits per heavy atom. The highest BCUT2D eigenvalue weighted by Gasteiger charge is 2.51. The molecule has 2 fully saturated rings. The van der Waals surface area contributed by atoms with Crippen molar-refractivity contribution < 1.29 is 14.4 Å². The number of amides is 4. The van der Waals surface area contributed by atoms with Gasteiger partial charge in [-0.3, -0.25) is 14.5 Å². The fourth-order valence-corrected chi connectivity index (χ4v) is 5.67. The first-order chi connectivity index (χ1) is 13.0. The molecule has 1 spiro atoms. The molecule has 0 radical (unpaired) electrons. The number of rotatable bonds is 5. The molecule has 0 aromatic carbocycles. The average Bonchev–Trinajstić information content (AvgIpc) is 3.32. The normalized spacial score (nSPS) is 23.6. The summed E-state index contributed by atoms with van der Waals surface area (Å²) in [4.78, 5) is 40.6. The number of hydrogen-bond donors (Lipinski definition) is 2. The van der Waals surface area contributed by atoms with Gasteiger partial charge in [-0.25, -0.2) is 4.79 Å². The second kappa shape index (κ2) is 7.26. The SMILES string of the molecule is CC1CCc2sc(C(=O)NCCCN3C(=O)NC4(CCCC4)C3=O)cc2C1. The molecule has 4 rings (SSSR count). The molecule has 0 bridgehead atoms. The fourth-order valence-electron chi connectivity index (χ4n) is 4.54. The van der Waals surface area contributed by atoms with Gasteiger partial charge in [-0.1, -0.05) is 19.8 Å². The Labute approximate surface area is 163 Å². The summed E-state index contributed by atoms with van der Waals surface area (Å²) in [6, 6.07) is 1.75. The topological polar surface area (TPSA) is 78.5 Å². The highest BCUT2D eigenvalue weighted by atomic mass is 32.1. The van der Waals surface area contributed by atoms with Crippen LogP contribution in [-0.4, -0.2) is 41.4 Å². The van der Waals surface area contributed by atoms with E-state index in [9.17, 15) is 14.4 Å². The zero-order chi connectivity index (χ0) is 19.0. The van der Waals surface area contributed by atoms with Gasteiger partial charge in [-0.15, -0.1) is 11.3 Å². The van der Waals surface area contributed by atoms with Crippen molar-refractivity contribution in [3.63, 3.8) is 0 Å². The van der Waals surface area contributed by atoms with E-state index >= 15 is 0 Å². The van der Waals surface area contributed by atoms with Crippen LogP contribution in [0, 0.1) is 5.92 Å². The van der Waals surface area contributed by atoms with Gasteiger partial charge in [-0.2, -0.15) is 0 Å². The lowest BCUT2D eigenvalue weighted by atomic mass is 9.90. The number of aryl methyl sites for hydroxylation is 1. The van der Waals surface area contributed by atoms with Gasteiger partial charge >= 0.3 is 6.03 Å². The van der Waals surface area contributed by atoms with Crippen molar-refractivity contribution in [1.29, 1.82) is 0 Å². The standard InChI is InChI=1S/C20H27N3O3S/c1-13-5-6-15-14(11-13)12-16(27-15)17(24)21-9-4-10-23-18(25)20(22-19(23)26)7-2-3-8-20/h12-13H,2-11H2,1H3,(H,21,24)(H,22,26). The van der Waals surface area contributed by atoms with Crippen LogP contribution in [0.15, 0.2) is 6.07 Å². The van der Waals surface area contributed by atoms with Gasteiger partial charge in [0, 0.05) is 18.0 Å². The highest BCUT2D eigenvalue weighted by Crippen LogP contribution is 2.35. The molecule has 1 aromatic heterocycles. The summed E-state index contributed by atoms with van der Waals surface area (Å²) in [6.45, 7) is 3.07. The molecule has 1 atom stereocenters. The molecule has 2 aliphatic carbocycles. The van der Waals surface area contributed by atoms with Crippen LogP contribution >= 0.6 is 11.3 Å². The minimum absolute atomic E-state index is 0.0495. The zero-order valence-corrected chi connectivity index (χ0v) is 16.6. The molecule has 7 heteroatoms. The largest absolute Gasteiger partial charge is 0.351 e. The van der Waals surface area contributed by atoms with E-state index in [1.165, 1.54) is 21.8 Å². The van der Waals surface area contributed by atoms with Crippen molar-refractivity contribution in [2.24, 2.45) is 5.92 Å². The van der Waals surface area contributed by atoms with E-state index in [0.717, 1.165) is 43.4 Å². The maximum atomic E-state index is 12.6. The van der Waals surface area contributed by atoms with Crippen molar-refractivity contribution in [3.05, 3.63) is 21.4 Å². The Kier molecular flexibility index (Phi) is 4.97. The molecule has 4 amide bonds. The predicted octanol–water partition coefficient (Wildman–Crippen LogP) is 2.86. The Morgan fingerprint density at radius 1 is 1.37 bits per heavy atom. The predicted molar refractivity (Wildman–Crippen MR) is 104 cm³/mol. The molecule has 6 nitrogen and oxygen atoms in total. The average molecular weight is 390 g/mol. The number of carbonyl (C=O) groups is 3. The smallest absolute Gasteiger partial charge is 0.325 e. The van der Waals surface area contributed by atoms with Gasteiger partial charge in [0.25, 0.3) is 11.8 Å². The number of fused-ring (bicyclic) bond motifs is 1. The van der Waals surface area contributed by atoms with Crippen LogP contribution in [0.3, 0.4) is 0 Å². The van der Waals surface area contributed by atoms with Gasteiger partial charge in [0.05, 0.1) is 4.88 Å². The lowest BCUT2D eigenvalue weighted by Crippen LogP contribution is -2.44. The molecule has 1 saturated heterocycles. The number of nitrogens with one attached hydrogen (secondary N) is 2. The maximum absolute atomic E-state index is 12.6. The third-order valence-corrected chi connectivity index (χ3v) is 7.34. The Balaban J connectivity index is 1.26. The lowest BCUT2D eigenvalue weighted by Gasteiger charge is -2.20. The molecular weight excluding hydrogens is 362 g/mol. The third-order valence-electron chi connectivity index (χ3n) is 6.10. The first-order valence-corrected chi connectivity index (χ1v) is 10.8. The number of thiophene rings is 1. The first-order valence-electron chi connectivity index (χ1n) is 10.0. The fraction of sp³-hybridized carbons (Fsp3) is 0.650. The number of carbonyl (C=O) groups excluding carboxylic acids is 3. The van der Waals surface area contributed by atoms with Gasteiger partial charge in [0.15, 0.2) is 0 Å². The number of nitrogens with zero attached hydrogens (tertiary/aromatic N) is 1. The zero-order valence-electron chi connectivity index (χ0n) is 15.8. The molecule has 1 saturated carbocycles. The van der Waals surface area contributed by atoms with E-state index in [1.54, 1.807) is 11.3 Å². The molecular formula is C20H27N3O3S. The van der Waals surface area contributed by atoms with E-state index in [1.807, 2.05) is 6.07 Å². The van der Waals surface area contributed by atoms with E-state index < -0.39 is 5.54 Å². The molecule has 1 aliphatic heterocycles. The van der Waals surface area contributed by atoms with E-state index in [4.69, 9.17) is 0 Å². The summed E-state index contributed by atoms with van der Waals surface area (Å²) in [5, 5.41) is 5.82. The van der Waals surface area contributed by atoms with Crippen LogP contribution in [0.5, 0.6) is 0 Å². The van der Waals surface area contributed by atoms with Gasteiger partial charge in [-0.05, 0) is 56.1 Å². The number of urea groups is 1. The van der Waals surface area contributed by atoms with Crippen molar-refractivity contribution in [1.82, 2.24) is 15.5 Å². The van der Waals surface area contributed by atoms with Crippen molar-refractivity contribution >= 4 is 29.2 Å². The maximum Gasteiger partial charge on any atom is 0.325 e. The van der Waals surface area contributed by atoms with Crippen molar-refractivity contribution in [3.8, 4) is 0 Å². The summed E-state index contributed by atoms with van der Waals surface area (Å²) >= 11 is 1.60. The molecule has 27 heavy (non-hydrogen) atoms. The van der Waals surface area contributed by atoms with Gasteiger partial charge in [0.1, 0.15) is 5.54 Å². The second-order valence-corrected chi connectivity index (χ2v) is 9.33. The quantitative estimate of drug-likeness (QED) is 0.600. The minimum Gasteiger partial charge on any atom is -0.351 e. The van der Waals surface area contributed by atoms with E-state index in [-0.39, 0.29) is 17.8 Å². The third kappa shape index (κ3) is 3.49. The minimum atomic E-state index is -0.645. The van der Waals surface area contributed by atoms with Gasteiger partial charge < -0.3 is 10.6 Å². The first kappa shape index (κ1) is 18.5. The Hall–Kier alpha value is -1.89. The second-order valence-electron chi connectivity index (χ2n) is 8.19. The van der Waals surface area contributed by atoms with Gasteiger partial charge in [0.2, 0.25) is 0 Å². The van der Waals surface area contributed by atoms with E-state index in [2.05, 4.69) is 17.6 Å². The highest BCUT2D eigenvalue weighted by molar-refractivity contribution is 7.14. The van der Waals surface area contributed by atoms with Crippen molar-refractivity contribution in [2.45, 2.75) is 63.8 Å². The van der Waals surface area contributed by atoms with E-state index in [0.29, 0.717) is 25.4 Å². The molecule has 2 heterocycles. The summed E-state index contributed by atoms with van der Waals surface area (Å²) in [7, 11) is 0. The van der Waals surface area contributed by atoms with Crippen LogP contribution in [0.4, 0.5) is 4.79 Å².